The second-order valence-electron chi connectivity index (χ2n) is 5.59. The number of amides is 1. The number of carbonyl (C=O) groups excluding carboxylic acids is 1. The molecule has 1 aliphatic rings. The highest BCUT2D eigenvalue weighted by Gasteiger charge is 2.23. The second-order valence-corrected chi connectivity index (χ2v) is 6.87. The van der Waals surface area contributed by atoms with Crippen molar-refractivity contribution in [1.82, 2.24) is 10.3 Å². The van der Waals surface area contributed by atoms with Crippen LogP contribution in [0.1, 0.15) is 28.8 Å². The number of rotatable bonds is 6. The minimum Gasteiger partial charge on any atom is -0.462 e. The molecule has 0 aliphatic carbocycles. The van der Waals surface area contributed by atoms with Gasteiger partial charge >= 0.3 is 0 Å². The van der Waals surface area contributed by atoms with Crippen molar-refractivity contribution in [2.75, 3.05) is 12.9 Å². The van der Waals surface area contributed by atoms with Crippen LogP contribution in [-0.4, -0.2) is 30.0 Å². The number of benzene rings is 1. The van der Waals surface area contributed by atoms with Crippen LogP contribution < -0.4 is 10.1 Å². The minimum absolute atomic E-state index is 0.255. The molecule has 0 saturated carbocycles. The van der Waals surface area contributed by atoms with Crippen LogP contribution in [0.4, 0.5) is 0 Å². The molecule has 1 fully saturated rings. The summed E-state index contributed by atoms with van der Waals surface area (Å²) in [5.41, 5.74) is 1.30. The zero-order valence-electron chi connectivity index (χ0n) is 13.8. The van der Waals surface area contributed by atoms with Gasteiger partial charge in [-0.1, -0.05) is 23.7 Å². The molecular formula is C18H19ClN2O3S. The van der Waals surface area contributed by atoms with E-state index >= 15 is 0 Å². The highest BCUT2D eigenvalue weighted by molar-refractivity contribution is 7.98. The van der Waals surface area contributed by atoms with Crippen molar-refractivity contribution >= 4 is 29.3 Å². The number of nitrogens with zero attached hydrogens (tertiary/aromatic N) is 1. The molecule has 0 radical (unpaired) electrons. The summed E-state index contributed by atoms with van der Waals surface area (Å²) < 4.78 is 11.2. The molecule has 0 bridgehead atoms. The Kier molecular flexibility index (Phi) is 6.18. The Labute approximate surface area is 156 Å². The number of aromatic nitrogens is 1. The first-order chi connectivity index (χ1) is 12.2. The normalized spacial score (nSPS) is 16.6. The lowest BCUT2D eigenvalue weighted by atomic mass is 10.2. The summed E-state index contributed by atoms with van der Waals surface area (Å²) in [6.45, 7) is 1.07. The number of pyridine rings is 1. The van der Waals surface area contributed by atoms with E-state index < -0.39 is 0 Å². The fourth-order valence-electron chi connectivity index (χ4n) is 2.52. The lowest BCUT2D eigenvalue weighted by Gasteiger charge is -2.16. The average molecular weight is 379 g/mol. The van der Waals surface area contributed by atoms with Gasteiger partial charge in [-0.2, -0.15) is 0 Å². The van der Waals surface area contributed by atoms with Crippen molar-refractivity contribution in [3.05, 3.63) is 52.8 Å². The van der Waals surface area contributed by atoms with Crippen LogP contribution in [0, 0.1) is 0 Å². The van der Waals surface area contributed by atoms with Gasteiger partial charge in [-0.15, -0.1) is 11.8 Å². The third kappa shape index (κ3) is 4.66. The third-order valence-corrected chi connectivity index (χ3v) is 4.88. The molecule has 1 aliphatic heterocycles. The van der Waals surface area contributed by atoms with E-state index in [0.717, 1.165) is 18.4 Å². The highest BCUT2D eigenvalue weighted by atomic mass is 35.5. The van der Waals surface area contributed by atoms with E-state index in [1.54, 1.807) is 11.8 Å². The van der Waals surface area contributed by atoms with Crippen LogP contribution in [0.5, 0.6) is 5.75 Å². The van der Waals surface area contributed by atoms with E-state index in [4.69, 9.17) is 21.1 Å². The summed E-state index contributed by atoms with van der Waals surface area (Å²) >= 11 is 7.86. The van der Waals surface area contributed by atoms with Gasteiger partial charge in [0.2, 0.25) is 0 Å². The third-order valence-electron chi connectivity index (χ3n) is 3.85. The fourth-order valence-corrected chi connectivity index (χ4v) is 3.17. The molecule has 7 heteroatoms. The van der Waals surface area contributed by atoms with Gasteiger partial charge in [0.15, 0.2) is 12.0 Å². The zero-order valence-corrected chi connectivity index (χ0v) is 15.4. The van der Waals surface area contributed by atoms with E-state index in [9.17, 15) is 4.79 Å². The van der Waals surface area contributed by atoms with Crippen LogP contribution >= 0.6 is 23.4 Å². The smallest absolute Gasteiger partial charge is 0.256 e. The number of nitrogens with one attached hydrogen (secondary N) is 1. The van der Waals surface area contributed by atoms with Crippen LogP contribution in [0.3, 0.4) is 0 Å². The number of carbonyl (C=O) groups is 1. The largest absolute Gasteiger partial charge is 0.462 e. The van der Waals surface area contributed by atoms with Gasteiger partial charge in [0.05, 0.1) is 17.8 Å². The standard InChI is InChI=1S/C18H19ClN2O3S/c1-25-13-6-4-12(5-7-13)9-21-18(22)17-14(19)10-20-11-15(17)24-16-3-2-8-23-16/h4-7,10-11,16H,2-3,8-9H2,1H3,(H,21,22). The first-order valence-corrected chi connectivity index (χ1v) is 9.60. The van der Waals surface area contributed by atoms with Gasteiger partial charge in [0, 0.05) is 24.1 Å². The second kappa shape index (κ2) is 8.56. The maximum atomic E-state index is 12.6. The fraction of sp³-hybridized carbons (Fsp3) is 0.333. The molecule has 0 spiro atoms. The Bertz CT molecular complexity index is 734. The first-order valence-electron chi connectivity index (χ1n) is 8.00. The molecule has 132 valence electrons. The van der Waals surface area contributed by atoms with Gasteiger partial charge in [-0.05, 0) is 30.4 Å². The molecule has 1 saturated heterocycles. The van der Waals surface area contributed by atoms with Gasteiger partial charge < -0.3 is 14.8 Å². The highest BCUT2D eigenvalue weighted by Crippen LogP contribution is 2.28. The molecule has 25 heavy (non-hydrogen) atoms. The zero-order chi connectivity index (χ0) is 17.6. The number of hydrogen-bond acceptors (Lipinski definition) is 5. The quantitative estimate of drug-likeness (QED) is 0.772. The molecule has 3 rings (SSSR count). The minimum atomic E-state index is -0.356. The lowest BCUT2D eigenvalue weighted by molar-refractivity contribution is -0.0395. The summed E-state index contributed by atoms with van der Waals surface area (Å²) in [5.74, 6) is 0.0453. The van der Waals surface area contributed by atoms with Crippen LogP contribution in [0.25, 0.3) is 0 Å². The first kappa shape index (κ1) is 18.0. The summed E-state index contributed by atoms with van der Waals surface area (Å²) in [6.07, 6.45) is 6.33. The molecular weight excluding hydrogens is 360 g/mol. The van der Waals surface area contributed by atoms with Crippen molar-refractivity contribution in [2.45, 2.75) is 30.6 Å². The van der Waals surface area contributed by atoms with E-state index in [1.807, 2.05) is 30.5 Å². The maximum Gasteiger partial charge on any atom is 0.256 e. The summed E-state index contributed by atoms with van der Waals surface area (Å²) in [6, 6.07) is 8.03. The number of halogens is 1. The Hall–Kier alpha value is -1.76. The maximum absolute atomic E-state index is 12.6. The molecule has 1 unspecified atom stereocenters. The average Bonchev–Trinajstić information content (AvgIpc) is 3.13. The van der Waals surface area contributed by atoms with Gasteiger partial charge in [-0.3, -0.25) is 9.78 Å². The lowest BCUT2D eigenvalue weighted by Crippen LogP contribution is -2.25. The molecule has 2 heterocycles. The molecule has 1 N–H and O–H groups in total. The molecule has 1 amide bonds. The van der Waals surface area contributed by atoms with Crippen molar-refractivity contribution in [1.29, 1.82) is 0 Å². The van der Waals surface area contributed by atoms with E-state index in [-0.39, 0.29) is 22.8 Å². The van der Waals surface area contributed by atoms with Crippen molar-refractivity contribution < 1.29 is 14.3 Å². The molecule has 2 aromatic rings. The van der Waals surface area contributed by atoms with Crippen molar-refractivity contribution in [3.63, 3.8) is 0 Å². The van der Waals surface area contributed by atoms with Crippen molar-refractivity contribution in [3.8, 4) is 5.75 Å². The summed E-state index contributed by atoms with van der Waals surface area (Å²) in [5, 5.41) is 3.14. The SMILES string of the molecule is CSc1ccc(CNC(=O)c2c(Cl)cncc2OC2CCCO2)cc1. The summed E-state index contributed by atoms with van der Waals surface area (Å²) in [4.78, 5) is 17.8. The van der Waals surface area contributed by atoms with Crippen LogP contribution in [-0.2, 0) is 11.3 Å². The van der Waals surface area contributed by atoms with Crippen LogP contribution in [0.15, 0.2) is 41.6 Å². The Morgan fingerprint density at radius 1 is 1.40 bits per heavy atom. The van der Waals surface area contributed by atoms with Gasteiger partial charge in [0.25, 0.3) is 5.91 Å². The Morgan fingerprint density at radius 3 is 2.88 bits per heavy atom. The van der Waals surface area contributed by atoms with E-state index in [2.05, 4.69) is 10.3 Å². The number of ether oxygens (including phenoxy) is 2. The van der Waals surface area contributed by atoms with Gasteiger partial charge in [0.1, 0.15) is 5.56 Å². The Balaban J connectivity index is 1.69. The van der Waals surface area contributed by atoms with E-state index in [0.29, 0.717) is 18.9 Å². The topological polar surface area (TPSA) is 60.5 Å². The monoisotopic (exact) mass is 378 g/mol. The predicted octanol–water partition coefficient (Wildman–Crippen LogP) is 3.90. The van der Waals surface area contributed by atoms with E-state index in [1.165, 1.54) is 17.3 Å². The number of thioether (sulfide) groups is 1. The molecule has 1 aromatic carbocycles. The Morgan fingerprint density at radius 2 is 2.20 bits per heavy atom. The van der Waals surface area contributed by atoms with Gasteiger partial charge in [-0.25, -0.2) is 0 Å². The molecule has 1 atom stereocenters. The number of hydrogen-bond donors (Lipinski definition) is 1. The molecule has 1 aromatic heterocycles. The predicted molar refractivity (Wildman–Crippen MR) is 98.2 cm³/mol. The van der Waals surface area contributed by atoms with Crippen LogP contribution in [0.2, 0.25) is 5.02 Å². The summed E-state index contributed by atoms with van der Waals surface area (Å²) in [7, 11) is 0. The molecule has 5 nitrogen and oxygen atoms in total. The van der Waals surface area contributed by atoms with Crippen molar-refractivity contribution in [2.24, 2.45) is 0 Å².